The predicted octanol–water partition coefficient (Wildman–Crippen LogP) is 1.47. The van der Waals surface area contributed by atoms with Crippen molar-refractivity contribution in [2.45, 2.75) is 0 Å². The first kappa shape index (κ1) is 15.4. The molecule has 1 aromatic heterocycles. The molecule has 7 nitrogen and oxygen atoms in total. The van der Waals surface area contributed by atoms with Gasteiger partial charge in [0, 0.05) is 13.7 Å². The first-order chi connectivity index (χ1) is 10.7. The quantitative estimate of drug-likeness (QED) is 0.783. The van der Waals surface area contributed by atoms with E-state index in [1.54, 1.807) is 25.3 Å². The summed E-state index contributed by atoms with van der Waals surface area (Å²) in [5.74, 6) is 0.143. The van der Waals surface area contributed by atoms with E-state index in [2.05, 4.69) is 26.7 Å². The van der Waals surface area contributed by atoms with Crippen LogP contribution in [0.2, 0.25) is 0 Å². The molecule has 0 spiro atoms. The van der Waals surface area contributed by atoms with Crippen LogP contribution in [0.15, 0.2) is 36.7 Å². The highest BCUT2D eigenvalue weighted by Gasteiger charge is 2.08. The van der Waals surface area contributed by atoms with E-state index < -0.39 is 0 Å². The molecule has 0 fully saturated rings. The van der Waals surface area contributed by atoms with Crippen LogP contribution in [-0.4, -0.2) is 36.1 Å². The standard InChI is InChI=1S/C15H15N5O2/c1-22-7-6-17-15(21)13-9-19-14(10-18-13)20-12-5-3-2-4-11(12)8-16/h2-5,9-10H,6-7H2,1H3,(H,17,21)(H,19,20). The Kier molecular flexibility index (Phi) is 5.40. The first-order valence-electron chi connectivity index (χ1n) is 6.60. The molecule has 0 bridgehead atoms. The van der Waals surface area contributed by atoms with Crippen molar-refractivity contribution in [2.75, 3.05) is 25.6 Å². The average molecular weight is 297 g/mol. The Morgan fingerprint density at radius 1 is 1.32 bits per heavy atom. The van der Waals surface area contributed by atoms with Gasteiger partial charge < -0.3 is 15.4 Å². The minimum atomic E-state index is -0.312. The number of anilines is 2. The van der Waals surface area contributed by atoms with Crippen molar-refractivity contribution in [3.05, 3.63) is 47.9 Å². The number of nitriles is 1. The van der Waals surface area contributed by atoms with E-state index in [4.69, 9.17) is 10.00 Å². The molecule has 0 atom stereocenters. The van der Waals surface area contributed by atoms with Crippen LogP contribution < -0.4 is 10.6 Å². The minimum Gasteiger partial charge on any atom is -0.383 e. The number of nitrogens with one attached hydrogen (secondary N) is 2. The van der Waals surface area contributed by atoms with Gasteiger partial charge in [-0.15, -0.1) is 0 Å². The lowest BCUT2D eigenvalue weighted by Crippen LogP contribution is -2.27. The van der Waals surface area contributed by atoms with Crippen molar-refractivity contribution >= 4 is 17.4 Å². The van der Waals surface area contributed by atoms with E-state index in [1.807, 2.05) is 6.07 Å². The lowest BCUT2D eigenvalue weighted by molar-refractivity contribution is 0.0932. The van der Waals surface area contributed by atoms with Crippen LogP contribution in [0.5, 0.6) is 0 Å². The third-order valence-corrected chi connectivity index (χ3v) is 2.79. The smallest absolute Gasteiger partial charge is 0.271 e. The maximum absolute atomic E-state index is 11.8. The van der Waals surface area contributed by atoms with Crippen molar-refractivity contribution in [3.63, 3.8) is 0 Å². The van der Waals surface area contributed by atoms with E-state index >= 15 is 0 Å². The lowest BCUT2D eigenvalue weighted by Gasteiger charge is -2.07. The van der Waals surface area contributed by atoms with Gasteiger partial charge in [0.2, 0.25) is 0 Å². The molecule has 22 heavy (non-hydrogen) atoms. The SMILES string of the molecule is COCCNC(=O)c1cnc(Nc2ccccc2C#N)cn1. The highest BCUT2D eigenvalue weighted by molar-refractivity contribution is 5.92. The normalized spacial score (nSPS) is 9.82. The van der Waals surface area contributed by atoms with Crippen molar-refractivity contribution in [3.8, 4) is 6.07 Å². The fourth-order valence-corrected chi connectivity index (χ4v) is 1.69. The van der Waals surface area contributed by atoms with Crippen LogP contribution in [0.25, 0.3) is 0 Å². The van der Waals surface area contributed by atoms with Gasteiger partial charge in [-0.3, -0.25) is 4.79 Å². The molecule has 0 radical (unpaired) electrons. The van der Waals surface area contributed by atoms with Crippen LogP contribution in [0.1, 0.15) is 16.1 Å². The predicted molar refractivity (Wildman–Crippen MR) is 80.7 cm³/mol. The first-order valence-corrected chi connectivity index (χ1v) is 6.60. The Hall–Kier alpha value is -2.98. The van der Waals surface area contributed by atoms with Crippen LogP contribution in [0.4, 0.5) is 11.5 Å². The molecule has 0 aliphatic carbocycles. The van der Waals surface area contributed by atoms with Gasteiger partial charge in [-0.05, 0) is 12.1 Å². The molecule has 2 aromatic rings. The van der Waals surface area contributed by atoms with Gasteiger partial charge in [0.15, 0.2) is 0 Å². The van der Waals surface area contributed by atoms with Gasteiger partial charge in [-0.25, -0.2) is 9.97 Å². The third kappa shape index (κ3) is 4.01. The molecular formula is C15H15N5O2. The summed E-state index contributed by atoms with van der Waals surface area (Å²) in [6.45, 7) is 0.844. The van der Waals surface area contributed by atoms with Crippen molar-refractivity contribution < 1.29 is 9.53 Å². The molecule has 0 unspecified atom stereocenters. The average Bonchev–Trinajstić information content (AvgIpc) is 2.56. The van der Waals surface area contributed by atoms with Gasteiger partial charge in [0.25, 0.3) is 5.91 Å². The Balaban J connectivity index is 2.03. The van der Waals surface area contributed by atoms with Gasteiger partial charge in [-0.2, -0.15) is 5.26 Å². The molecule has 1 aromatic carbocycles. The molecule has 0 aliphatic rings. The minimum absolute atomic E-state index is 0.218. The Labute approximate surface area is 128 Å². The molecule has 0 aliphatic heterocycles. The van der Waals surface area contributed by atoms with Gasteiger partial charge in [-0.1, -0.05) is 12.1 Å². The second kappa shape index (κ2) is 7.71. The molecule has 2 N–H and O–H groups in total. The molecule has 112 valence electrons. The number of carbonyl (C=O) groups is 1. The molecule has 2 rings (SSSR count). The third-order valence-electron chi connectivity index (χ3n) is 2.79. The Bertz CT molecular complexity index is 679. The second-order valence-corrected chi connectivity index (χ2v) is 4.32. The Morgan fingerprint density at radius 2 is 2.14 bits per heavy atom. The largest absolute Gasteiger partial charge is 0.383 e. The summed E-state index contributed by atoms with van der Waals surface area (Å²) >= 11 is 0. The van der Waals surface area contributed by atoms with Gasteiger partial charge in [0.05, 0.1) is 30.3 Å². The molecule has 1 amide bonds. The number of hydrogen-bond donors (Lipinski definition) is 2. The number of benzene rings is 1. The second-order valence-electron chi connectivity index (χ2n) is 4.32. The number of ether oxygens (including phenoxy) is 1. The topological polar surface area (TPSA) is 99.9 Å². The van der Waals surface area contributed by atoms with E-state index in [-0.39, 0.29) is 11.6 Å². The number of aromatic nitrogens is 2. The van der Waals surface area contributed by atoms with Crippen molar-refractivity contribution in [1.29, 1.82) is 5.26 Å². The zero-order valence-corrected chi connectivity index (χ0v) is 12.0. The maximum atomic E-state index is 11.8. The van der Waals surface area contributed by atoms with Crippen LogP contribution in [-0.2, 0) is 4.74 Å². The number of hydrogen-bond acceptors (Lipinski definition) is 6. The summed E-state index contributed by atoms with van der Waals surface area (Å²) in [6.07, 6.45) is 2.82. The zero-order valence-electron chi connectivity index (χ0n) is 12.0. The summed E-state index contributed by atoms with van der Waals surface area (Å²) in [5.41, 5.74) is 1.36. The van der Waals surface area contributed by atoms with E-state index in [0.717, 1.165) is 0 Å². The number of rotatable bonds is 6. The van der Waals surface area contributed by atoms with Crippen molar-refractivity contribution in [1.82, 2.24) is 15.3 Å². The van der Waals surface area contributed by atoms with Gasteiger partial charge in [0.1, 0.15) is 17.6 Å². The summed E-state index contributed by atoms with van der Waals surface area (Å²) in [4.78, 5) is 19.9. The summed E-state index contributed by atoms with van der Waals surface area (Å²) in [6, 6.07) is 9.15. The van der Waals surface area contributed by atoms with Crippen LogP contribution >= 0.6 is 0 Å². The summed E-state index contributed by atoms with van der Waals surface area (Å²) in [7, 11) is 1.56. The van der Waals surface area contributed by atoms with E-state index in [0.29, 0.717) is 30.2 Å². The maximum Gasteiger partial charge on any atom is 0.271 e. The van der Waals surface area contributed by atoms with E-state index in [1.165, 1.54) is 12.4 Å². The number of methoxy groups -OCH3 is 1. The molecule has 0 saturated carbocycles. The number of amides is 1. The number of carbonyl (C=O) groups excluding carboxylic acids is 1. The fourth-order valence-electron chi connectivity index (χ4n) is 1.69. The van der Waals surface area contributed by atoms with Crippen LogP contribution in [0.3, 0.4) is 0 Å². The fraction of sp³-hybridized carbons (Fsp3) is 0.200. The zero-order chi connectivity index (χ0) is 15.8. The lowest BCUT2D eigenvalue weighted by atomic mass is 10.2. The summed E-state index contributed by atoms with van der Waals surface area (Å²) < 4.78 is 4.85. The van der Waals surface area contributed by atoms with Gasteiger partial charge >= 0.3 is 0 Å². The van der Waals surface area contributed by atoms with E-state index in [9.17, 15) is 4.79 Å². The molecule has 0 saturated heterocycles. The molecule has 7 heteroatoms. The highest BCUT2D eigenvalue weighted by Crippen LogP contribution is 2.17. The number of nitrogens with zero attached hydrogens (tertiary/aromatic N) is 3. The Morgan fingerprint density at radius 3 is 2.82 bits per heavy atom. The monoisotopic (exact) mass is 297 g/mol. The molecular weight excluding hydrogens is 282 g/mol. The summed E-state index contributed by atoms with van der Waals surface area (Å²) in [5, 5.41) is 14.7. The van der Waals surface area contributed by atoms with Crippen molar-refractivity contribution in [2.24, 2.45) is 0 Å². The van der Waals surface area contributed by atoms with Crippen LogP contribution in [0, 0.1) is 11.3 Å². The molecule has 1 heterocycles. The number of para-hydroxylation sites is 1. The highest BCUT2D eigenvalue weighted by atomic mass is 16.5.